The number of nitrogens with zero attached hydrogens (tertiary/aromatic N) is 1. The summed E-state index contributed by atoms with van der Waals surface area (Å²) in [6, 6.07) is 0. The lowest BCUT2D eigenvalue weighted by molar-refractivity contribution is -0.945. The molecular formula is C10H25NO2. The molecule has 0 amide bonds. The van der Waals surface area contributed by atoms with Crippen LogP contribution in [0.3, 0.4) is 0 Å². The van der Waals surface area contributed by atoms with Crippen LogP contribution >= 0.6 is 0 Å². The average molecular weight is 191 g/mol. The van der Waals surface area contributed by atoms with Gasteiger partial charge in [-0.2, -0.15) is 0 Å². The van der Waals surface area contributed by atoms with Gasteiger partial charge in [-0.15, -0.1) is 0 Å². The molecule has 0 saturated heterocycles. The van der Waals surface area contributed by atoms with Crippen molar-refractivity contribution in [1.29, 1.82) is 0 Å². The maximum Gasteiger partial charge on any atom is 0.180 e. The molecule has 0 aliphatic heterocycles. The summed E-state index contributed by atoms with van der Waals surface area (Å²) in [5, 5.41) is 9.34. The van der Waals surface area contributed by atoms with Crippen molar-refractivity contribution in [3.05, 3.63) is 0 Å². The Morgan fingerprint density at radius 1 is 0.846 bits per heavy atom. The van der Waals surface area contributed by atoms with E-state index in [-0.39, 0.29) is 5.48 Å². The van der Waals surface area contributed by atoms with E-state index in [4.69, 9.17) is 0 Å². The molecular weight excluding hydrogens is 166 g/mol. The van der Waals surface area contributed by atoms with Crippen LogP contribution in [0.2, 0.25) is 0 Å². The lowest BCUT2D eigenvalue weighted by Gasteiger charge is -2.36. The third-order valence-corrected chi connectivity index (χ3v) is 2.39. The van der Waals surface area contributed by atoms with Gasteiger partial charge in [0.15, 0.2) is 6.73 Å². The maximum atomic E-state index is 9.34. The number of aliphatic hydroxyl groups excluding tert-OH is 1. The van der Waals surface area contributed by atoms with Gasteiger partial charge in [0.05, 0.1) is 19.6 Å². The first kappa shape index (κ1) is 15.4. The zero-order valence-electron chi connectivity index (χ0n) is 9.29. The minimum absolute atomic E-state index is 0. The highest BCUT2D eigenvalue weighted by Gasteiger charge is 2.22. The average Bonchev–Trinajstić information content (AvgIpc) is 2.06. The van der Waals surface area contributed by atoms with Gasteiger partial charge in [-0.3, -0.25) is 0 Å². The summed E-state index contributed by atoms with van der Waals surface area (Å²) in [5.41, 5.74) is 0. The molecule has 0 aromatic heterocycles. The topological polar surface area (TPSA) is 50.2 Å². The van der Waals surface area contributed by atoms with Crippen molar-refractivity contribution in [2.75, 3.05) is 26.4 Å². The molecule has 2 N–H and O–H groups in total. The number of hydrogen-bond donors (Lipinski definition) is 1. The van der Waals surface area contributed by atoms with Gasteiger partial charge in [0.25, 0.3) is 0 Å². The highest BCUT2D eigenvalue weighted by Crippen LogP contribution is 2.09. The third kappa shape index (κ3) is 5.24. The first-order chi connectivity index (χ1) is 5.74. The van der Waals surface area contributed by atoms with Crippen LogP contribution in [0.15, 0.2) is 0 Å². The predicted octanol–water partition coefficient (Wildman–Crippen LogP) is 1.81. The Labute approximate surface area is 82.3 Å². The van der Waals surface area contributed by atoms with E-state index < -0.39 is 0 Å². The van der Waals surface area contributed by atoms with Crippen molar-refractivity contribution in [3.8, 4) is 0 Å². The minimum atomic E-state index is 0. The van der Waals surface area contributed by atoms with E-state index >= 15 is 0 Å². The Balaban J connectivity index is 0. The molecule has 0 aromatic carbocycles. The zero-order valence-corrected chi connectivity index (χ0v) is 9.29. The van der Waals surface area contributed by atoms with Crippen LogP contribution in [0.5, 0.6) is 0 Å². The number of rotatable bonds is 7. The van der Waals surface area contributed by atoms with Crippen molar-refractivity contribution in [3.63, 3.8) is 0 Å². The molecule has 0 bridgehead atoms. The Bertz CT molecular complexity index is 90.1. The number of quaternary nitrogens is 1. The van der Waals surface area contributed by atoms with Crippen LogP contribution in [0.1, 0.15) is 40.0 Å². The van der Waals surface area contributed by atoms with Crippen LogP contribution < -0.4 is 0 Å². The molecule has 0 radical (unpaired) electrons. The molecule has 13 heavy (non-hydrogen) atoms. The summed E-state index contributed by atoms with van der Waals surface area (Å²) in [5.74, 6) is 0. The van der Waals surface area contributed by atoms with E-state index in [1.165, 1.54) is 19.3 Å². The van der Waals surface area contributed by atoms with Gasteiger partial charge in [-0.1, -0.05) is 20.8 Å². The summed E-state index contributed by atoms with van der Waals surface area (Å²) in [6.07, 6.45) is 3.50. The van der Waals surface area contributed by atoms with E-state index in [1.807, 2.05) is 0 Å². The molecule has 0 aliphatic carbocycles. The molecule has 0 aromatic rings. The summed E-state index contributed by atoms with van der Waals surface area (Å²) in [6.45, 7) is 10.2. The minimum Gasteiger partial charge on any atom is -0.870 e. The summed E-state index contributed by atoms with van der Waals surface area (Å²) in [7, 11) is 0. The van der Waals surface area contributed by atoms with E-state index in [1.54, 1.807) is 0 Å². The third-order valence-electron chi connectivity index (χ3n) is 2.39. The second-order valence-electron chi connectivity index (χ2n) is 3.65. The van der Waals surface area contributed by atoms with E-state index in [2.05, 4.69) is 20.8 Å². The molecule has 0 unspecified atom stereocenters. The Kier molecular flexibility index (Phi) is 10.0. The fourth-order valence-electron chi connectivity index (χ4n) is 1.97. The fourth-order valence-corrected chi connectivity index (χ4v) is 1.97. The van der Waals surface area contributed by atoms with Crippen molar-refractivity contribution >= 4 is 0 Å². The molecule has 3 nitrogen and oxygen atoms in total. The molecule has 0 atom stereocenters. The second kappa shape index (κ2) is 8.48. The van der Waals surface area contributed by atoms with Crippen LogP contribution in [0.4, 0.5) is 0 Å². The van der Waals surface area contributed by atoms with Gasteiger partial charge in [0, 0.05) is 0 Å². The molecule has 0 heterocycles. The van der Waals surface area contributed by atoms with Gasteiger partial charge >= 0.3 is 0 Å². The van der Waals surface area contributed by atoms with Crippen molar-refractivity contribution < 1.29 is 15.1 Å². The molecule has 0 fully saturated rings. The second-order valence-corrected chi connectivity index (χ2v) is 3.65. The van der Waals surface area contributed by atoms with Gasteiger partial charge in [0.2, 0.25) is 0 Å². The van der Waals surface area contributed by atoms with Crippen LogP contribution in [0, 0.1) is 0 Å². The standard InChI is InChI=1S/C10H24NO.H2O/c1-4-7-11(10-12,8-5-2)9-6-3;/h12H,4-10H2,1-3H3;1H2/q+1;/p-1. The Morgan fingerprint density at radius 2 is 1.15 bits per heavy atom. The SMILES string of the molecule is CCC[N+](CO)(CCC)CCC.[OH-]. The summed E-state index contributed by atoms with van der Waals surface area (Å²) < 4.78 is 0.906. The molecule has 0 aliphatic rings. The van der Waals surface area contributed by atoms with Crippen LogP contribution in [-0.4, -0.2) is 41.4 Å². The van der Waals surface area contributed by atoms with Crippen LogP contribution in [0.25, 0.3) is 0 Å². The lowest BCUT2D eigenvalue weighted by Crippen LogP contribution is -2.50. The Hall–Kier alpha value is -0.120. The number of hydrogen-bond acceptors (Lipinski definition) is 2. The highest BCUT2D eigenvalue weighted by molar-refractivity contribution is 4.39. The van der Waals surface area contributed by atoms with Gasteiger partial charge in [-0.05, 0) is 19.3 Å². The van der Waals surface area contributed by atoms with E-state index in [0.29, 0.717) is 6.73 Å². The molecule has 0 spiro atoms. The predicted molar refractivity (Wildman–Crippen MR) is 54.8 cm³/mol. The normalized spacial score (nSPS) is 11.1. The molecule has 82 valence electrons. The van der Waals surface area contributed by atoms with Gasteiger partial charge < -0.3 is 15.1 Å². The lowest BCUT2D eigenvalue weighted by atomic mass is 10.2. The maximum absolute atomic E-state index is 9.34. The van der Waals surface area contributed by atoms with Crippen LogP contribution in [-0.2, 0) is 0 Å². The smallest absolute Gasteiger partial charge is 0.180 e. The van der Waals surface area contributed by atoms with Crippen molar-refractivity contribution in [2.45, 2.75) is 40.0 Å². The van der Waals surface area contributed by atoms with E-state index in [0.717, 1.165) is 24.1 Å². The van der Waals surface area contributed by atoms with E-state index in [9.17, 15) is 5.11 Å². The zero-order chi connectivity index (χ0) is 9.45. The van der Waals surface area contributed by atoms with Gasteiger partial charge in [0.1, 0.15) is 0 Å². The molecule has 0 rings (SSSR count). The Morgan fingerprint density at radius 3 is 1.31 bits per heavy atom. The first-order valence-electron chi connectivity index (χ1n) is 5.20. The highest BCUT2D eigenvalue weighted by atomic mass is 16.3. The summed E-state index contributed by atoms with van der Waals surface area (Å²) in [4.78, 5) is 0. The molecule has 3 heteroatoms. The largest absolute Gasteiger partial charge is 0.870 e. The fraction of sp³-hybridized carbons (Fsp3) is 1.00. The number of aliphatic hydroxyl groups is 1. The van der Waals surface area contributed by atoms with Gasteiger partial charge in [-0.25, -0.2) is 0 Å². The van der Waals surface area contributed by atoms with Crippen molar-refractivity contribution in [2.24, 2.45) is 0 Å². The molecule has 0 saturated carbocycles. The monoisotopic (exact) mass is 191 g/mol. The summed E-state index contributed by atoms with van der Waals surface area (Å²) >= 11 is 0. The van der Waals surface area contributed by atoms with Crippen molar-refractivity contribution in [1.82, 2.24) is 0 Å². The quantitative estimate of drug-likeness (QED) is 0.493. The first-order valence-corrected chi connectivity index (χ1v) is 5.20.